The van der Waals surface area contributed by atoms with E-state index in [-0.39, 0.29) is 31.1 Å². The lowest BCUT2D eigenvalue weighted by atomic mass is 10.0. The Hall–Kier alpha value is -2.11. The summed E-state index contributed by atoms with van der Waals surface area (Å²) in [6.07, 6.45) is 64.5. The SMILES string of the molecule is CCCCCCCCC/C=C\C=C/CCCCCCCC(=O)OCC(COC(=O)CCCCCCCCCCCCCCCCC)OC(=O)CCCCCCCCCCCCCCCCC. The summed E-state index contributed by atoms with van der Waals surface area (Å²) in [5.74, 6) is -0.863. The fraction of sp³-hybridized carbons (Fsp3) is 0.883. The fourth-order valence-electron chi connectivity index (χ4n) is 8.79. The zero-order valence-corrected chi connectivity index (χ0v) is 44.5. The Bertz CT molecular complexity index is 1070. The molecule has 66 heavy (non-hydrogen) atoms. The van der Waals surface area contributed by atoms with Crippen LogP contribution in [0.4, 0.5) is 0 Å². The molecule has 0 aromatic rings. The summed E-state index contributed by atoms with van der Waals surface area (Å²) in [6, 6.07) is 0. The van der Waals surface area contributed by atoms with Crippen LogP contribution < -0.4 is 0 Å². The molecule has 0 aromatic heterocycles. The van der Waals surface area contributed by atoms with Crippen LogP contribution in [0.15, 0.2) is 24.3 Å². The number of esters is 3. The van der Waals surface area contributed by atoms with Crippen LogP contribution >= 0.6 is 0 Å². The molecule has 0 N–H and O–H groups in total. The van der Waals surface area contributed by atoms with Crippen molar-refractivity contribution in [2.45, 2.75) is 329 Å². The van der Waals surface area contributed by atoms with E-state index in [1.54, 1.807) is 0 Å². The number of hydrogen-bond acceptors (Lipinski definition) is 6. The number of allylic oxidation sites excluding steroid dienone is 4. The zero-order valence-electron chi connectivity index (χ0n) is 44.5. The van der Waals surface area contributed by atoms with Crippen LogP contribution in [0.25, 0.3) is 0 Å². The van der Waals surface area contributed by atoms with Gasteiger partial charge in [0.25, 0.3) is 0 Å². The Kier molecular flexibility index (Phi) is 53.7. The molecule has 0 fully saturated rings. The molecule has 6 heteroatoms. The van der Waals surface area contributed by atoms with Crippen LogP contribution in [0.2, 0.25) is 0 Å². The quantitative estimate of drug-likeness (QED) is 0.0262. The van der Waals surface area contributed by atoms with Crippen LogP contribution in [0.3, 0.4) is 0 Å². The molecule has 0 aromatic carbocycles. The van der Waals surface area contributed by atoms with Crippen molar-refractivity contribution >= 4 is 17.9 Å². The molecule has 388 valence electrons. The first-order valence-corrected chi connectivity index (χ1v) is 29.4. The minimum Gasteiger partial charge on any atom is -0.462 e. The van der Waals surface area contributed by atoms with Crippen LogP contribution in [0, 0.1) is 0 Å². The average molecular weight is 930 g/mol. The van der Waals surface area contributed by atoms with E-state index in [4.69, 9.17) is 14.2 Å². The zero-order chi connectivity index (χ0) is 47.9. The van der Waals surface area contributed by atoms with E-state index in [1.165, 1.54) is 205 Å². The van der Waals surface area contributed by atoms with Gasteiger partial charge in [0.2, 0.25) is 0 Å². The van der Waals surface area contributed by atoms with Gasteiger partial charge in [0.05, 0.1) is 0 Å². The third kappa shape index (κ3) is 52.9. The van der Waals surface area contributed by atoms with Crippen LogP contribution in [0.1, 0.15) is 323 Å². The molecule has 1 atom stereocenters. The second-order valence-electron chi connectivity index (χ2n) is 20.0. The molecule has 0 saturated heterocycles. The number of carbonyl (C=O) groups is 3. The molecular weight excluding hydrogens is 817 g/mol. The predicted molar refractivity (Wildman–Crippen MR) is 284 cm³/mol. The first kappa shape index (κ1) is 63.9. The van der Waals surface area contributed by atoms with Crippen molar-refractivity contribution in [2.24, 2.45) is 0 Å². The van der Waals surface area contributed by atoms with E-state index >= 15 is 0 Å². The van der Waals surface area contributed by atoms with Gasteiger partial charge < -0.3 is 14.2 Å². The highest BCUT2D eigenvalue weighted by Crippen LogP contribution is 2.17. The summed E-state index contributed by atoms with van der Waals surface area (Å²) >= 11 is 0. The van der Waals surface area contributed by atoms with Gasteiger partial charge in [0, 0.05) is 19.3 Å². The molecule has 0 amide bonds. The van der Waals surface area contributed by atoms with Crippen LogP contribution in [-0.2, 0) is 28.6 Å². The highest BCUT2D eigenvalue weighted by molar-refractivity contribution is 5.71. The Morgan fingerprint density at radius 2 is 0.530 bits per heavy atom. The van der Waals surface area contributed by atoms with Crippen molar-refractivity contribution in [2.75, 3.05) is 13.2 Å². The van der Waals surface area contributed by atoms with Crippen molar-refractivity contribution in [3.63, 3.8) is 0 Å². The molecule has 0 aliphatic heterocycles. The normalized spacial score (nSPS) is 12.1. The summed E-state index contributed by atoms with van der Waals surface area (Å²) in [6.45, 7) is 6.68. The Morgan fingerprint density at radius 3 is 0.803 bits per heavy atom. The van der Waals surface area contributed by atoms with Gasteiger partial charge in [-0.25, -0.2) is 0 Å². The van der Waals surface area contributed by atoms with Crippen molar-refractivity contribution in [1.82, 2.24) is 0 Å². The van der Waals surface area contributed by atoms with Gasteiger partial charge in [-0.15, -0.1) is 0 Å². The van der Waals surface area contributed by atoms with Crippen LogP contribution in [-0.4, -0.2) is 37.2 Å². The molecule has 0 rings (SSSR count). The Morgan fingerprint density at radius 1 is 0.303 bits per heavy atom. The summed E-state index contributed by atoms with van der Waals surface area (Å²) in [4.78, 5) is 38.2. The molecule has 0 heterocycles. The van der Waals surface area contributed by atoms with E-state index in [9.17, 15) is 14.4 Å². The lowest BCUT2D eigenvalue weighted by Gasteiger charge is -2.18. The maximum absolute atomic E-state index is 12.8. The topological polar surface area (TPSA) is 78.9 Å². The number of rotatable bonds is 54. The highest BCUT2D eigenvalue weighted by Gasteiger charge is 2.19. The van der Waals surface area contributed by atoms with Gasteiger partial charge in [-0.3, -0.25) is 14.4 Å². The smallest absolute Gasteiger partial charge is 0.306 e. The van der Waals surface area contributed by atoms with Crippen molar-refractivity contribution in [3.05, 3.63) is 24.3 Å². The van der Waals surface area contributed by atoms with Gasteiger partial charge in [0.1, 0.15) is 13.2 Å². The van der Waals surface area contributed by atoms with Gasteiger partial charge in [0.15, 0.2) is 6.10 Å². The molecule has 0 saturated carbocycles. The van der Waals surface area contributed by atoms with E-state index in [0.717, 1.165) is 77.0 Å². The van der Waals surface area contributed by atoms with Crippen molar-refractivity contribution < 1.29 is 28.6 Å². The maximum Gasteiger partial charge on any atom is 0.306 e. The molecule has 6 nitrogen and oxygen atoms in total. The molecule has 0 aliphatic carbocycles. The first-order valence-electron chi connectivity index (χ1n) is 29.4. The molecule has 0 aliphatic rings. The molecule has 0 spiro atoms. The van der Waals surface area contributed by atoms with Crippen molar-refractivity contribution in [3.8, 4) is 0 Å². The largest absolute Gasteiger partial charge is 0.462 e. The molecular formula is C60H112O6. The number of hydrogen-bond donors (Lipinski definition) is 0. The number of carbonyl (C=O) groups excluding carboxylic acids is 3. The third-order valence-corrected chi connectivity index (χ3v) is 13.2. The van der Waals surface area contributed by atoms with E-state index in [2.05, 4.69) is 45.1 Å². The lowest BCUT2D eigenvalue weighted by Crippen LogP contribution is -2.30. The summed E-state index contributed by atoms with van der Waals surface area (Å²) in [5.41, 5.74) is 0. The second-order valence-corrected chi connectivity index (χ2v) is 20.0. The number of ether oxygens (including phenoxy) is 3. The van der Waals surface area contributed by atoms with Gasteiger partial charge in [-0.1, -0.05) is 283 Å². The monoisotopic (exact) mass is 929 g/mol. The summed E-state index contributed by atoms with van der Waals surface area (Å²) < 4.78 is 16.9. The Labute approximate surface area is 411 Å². The molecule has 1 unspecified atom stereocenters. The highest BCUT2D eigenvalue weighted by atomic mass is 16.6. The van der Waals surface area contributed by atoms with E-state index in [1.807, 2.05) is 0 Å². The standard InChI is InChI=1S/C60H112O6/c1-4-7-10-13-16-19-22-25-28-29-30-33-35-38-41-44-47-50-53-59(62)65-56-57(66-60(63)54-51-48-45-42-39-36-32-27-24-21-18-15-12-9-6-3)55-64-58(61)52-49-46-43-40-37-34-31-26-23-20-17-14-11-8-5-2/h28-30,33,57H,4-27,31-32,34-56H2,1-3H3/b29-28-,33-30-. The minimum atomic E-state index is -0.772. The second kappa shape index (κ2) is 55.5. The van der Waals surface area contributed by atoms with Crippen LogP contribution in [0.5, 0.6) is 0 Å². The first-order chi connectivity index (χ1) is 32.5. The molecule has 0 radical (unpaired) electrons. The van der Waals surface area contributed by atoms with E-state index < -0.39 is 6.10 Å². The van der Waals surface area contributed by atoms with Gasteiger partial charge in [-0.2, -0.15) is 0 Å². The van der Waals surface area contributed by atoms with Crippen molar-refractivity contribution in [1.29, 1.82) is 0 Å². The maximum atomic E-state index is 12.8. The summed E-state index contributed by atoms with van der Waals surface area (Å²) in [7, 11) is 0. The van der Waals surface area contributed by atoms with Gasteiger partial charge >= 0.3 is 17.9 Å². The lowest BCUT2D eigenvalue weighted by molar-refractivity contribution is -0.167. The summed E-state index contributed by atoms with van der Waals surface area (Å²) in [5, 5.41) is 0. The fourth-order valence-corrected chi connectivity index (χ4v) is 8.79. The minimum absolute atomic E-state index is 0.0706. The molecule has 0 bridgehead atoms. The average Bonchev–Trinajstić information content (AvgIpc) is 3.31. The predicted octanol–water partition coefficient (Wildman–Crippen LogP) is 19.5. The van der Waals surface area contributed by atoms with Gasteiger partial charge in [-0.05, 0) is 44.9 Å². The van der Waals surface area contributed by atoms with E-state index in [0.29, 0.717) is 19.3 Å². The number of unbranched alkanes of at least 4 members (excludes halogenated alkanes) is 40. The third-order valence-electron chi connectivity index (χ3n) is 13.2. The Balaban J connectivity index is 4.35.